The van der Waals surface area contributed by atoms with Gasteiger partial charge in [-0.1, -0.05) is 0 Å². The maximum Gasteiger partial charge on any atom is 0.141 e. The standard InChI is InChI=1S/C11H15FN2O/c1-11(2)7-13-6-10(15-11)9-4-3-8(12)5-14-9/h3-5,10,13H,6-7H2,1-2H3. The number of nitrogens with zero attached hydrogens (tertiary/aromatic N) is 1. The molecule has 1 aliphatic rings. The summed E-state index contributed by atoms with van der Waals surface area (Å²) in [6.07, 6.45) is 1.13. The van der Waals surface area contributed by atoms with E-state index >= 15 is 0 Å². The summed E-state index contributed by atoms with van der Waals surface area (Å²) < 4.78 is 18.5. The smallest absolute Gasteiger partial charge is 0.141 e. The highest BCUT2D eigenvalue weighted by Crippen LogP contribution is 2.25. The number of rotatable bonds is 1. The lowest BCUT2D eigenvalue weighted by atomic mass is 10.1. The van der Waals surface area contributed by atoms with E-state index in [-0.39, 0.29) is 17.5 Å². The first-order chi connectivity index (χ1) is 7.07. The van der Waals surface area contributed by atoms with E-state index in [2.05, 4.69) is 10.3 Å². The lowest BCUT2D eigenvalue weighted by molar-refractivity contribution is -0.0975. The molecule has 2 heterocycles. The maximum absolute atomic E-state index is 12.7. The summed E-state index contributed by atoms with van der Waals surface area (Å²) in [5.74, 6) is -0.318. The number of aromatic nitrogens is 1. The maximum atomic E-state index is 12.7. The molecule has 1 aromatic heterocycles. The summed E-state index contributed by atoms with van der Waals surface area (Å²) in [6.45, 7) is 5.60. The average Bonchev–Trinajstić information content (AvgIpc) is 2.17. The quantitative estimate of drug-likeness (QED) is 0.765. The van der Waals surface area contributed by atoms with Gasteiger partial charge in [0.25, 0.3) is 0 Å². The first-order valence-corrected chi connectivity index (χ1v) is 5.07. The number of nitrogens with one attached hydrogen (secondary N) is 1. The highest BCUT2D eigenvalue weighted by molar-refractivity contribution is 5.10. The van der Waals surface area contributed by atoms with E-state index in [4.69, 9.17) is 4.74 Å². The molecule has 1 atom stereocenters. The van der Waals surface area contributed by atoms with Gasteiger partial charge in [-0.05, 0) is 26.0 Å². The van der Waals surface area contributed by atoms with Crippen molar-refractivity contribution in [2.75, 3.05) is 13.1 Å². The molecule has 1 fully saturated rings. The van der Waals surface area contributed by atoms with E-state index in [1.807, 2.05) is 13.8 Å². The molecular weight excluding hydrogens is 195 g/mol. The number of morpholine rings is 1. The summed E-state index contributed by atoms with van der Waals surface area (Å²) in [7, 11) is 0. The van der Waals surface area contributed by atoms with E-state index in [0.717, 1.165) is 18.8 Å². The van der Waals surface area contributed by atoms with Crippen LogP contribution in [0, 0.1) is 5.82 Å². The molecule has 1 aromatic rings. The highest BCUT2D eigenvalue weighted by atomic mass is 19.1. The topological polar surface area (TPSA) is 34.2 Å². The SMILES string of the molecule is CC1(C)CNCC(c2ccc(F)cn2)O1. The molecule has 2 rings (SSSR count). The van der Waals surface area contributed by atoms with Crippen LogP contribution >= 0.6 is 0 Å². The fourth-order valence-corrected chi connectivity index (χ4v) is 1.72. The Balaban J connectivity index is 2.13. The minimum atomic E-state index is -0.318. The minimum absolute atomic E-state index is 0.0886. The molecule has 0 aromatic carbocycles. The Hall–Kier alpha value is -1.00. The lowest BCUT2D eigenvalue weighted by Gasteiger charge is -2.36. The number of halogens is 1. The third kappa shape index (κ3) is 2.52. The van der Waals surface area contributed by atoms with Crippen LogP contribution in [0.5, 0.6) is 0 Å². The van der Waals surface area contributed by atoms with Gasteiger partial charge in [0.1, 0.15) is 11.9 Å². The number of hydrogen-bond donors (Lipinski definition) is 1. The van der Waals surface area contributed by atoms with E-state index < -0.39 is 0 Å². The zero-order valence-corrected chi connectivity index (χ0v) is 8.96. The van der Waals surface area contributed by atoms with Crippen molar-refractivity contribution in [3.05, 3.63) is 29.8 Å². The molecule has 1 N–H and O–H groups in total. The molecule has 0 amide bonds. The first kappa shape index (κ1) is 10.5. The van der Waals surface area contributed by atoms with Crippen molar-refractivity contribution in [1.29, 1.82) is 0 Å². The monoisotopic (exact) mass is 210 g/mol. The van der Waals surface area contributed by atoms with Crippen molar-refractivity contribution in [3.63, 3.8) is 0 Å². The van der Waals surface area contributed by atoms with Gasteiger partial charge in [0.15, 0.2) is 0 Å². The summed E-state index contributed by atoms with van der Waals surface area (Å²) in [6, 6.07) is 3.08. The molecule has 0 spiro atoms. The summed E-state index contributed by atoms with van der Waals surface area (Å²) in [5.41, 5.74) is 0.579. The molecule has 4 heteroatoms. The van der Waals surface area contributed by atoms with Crippen LogP contribution in [0.15, 0.2) is 18.3 Å². The van der Waals surface area contributed by atoms with Crippen molar-refractivity contribution < 1.29 is 9.13 Å². The second-order valence-corrected chi connectivity index (χ2v) is 4.40. The molecule has 15 heavy (non-hydrogen) atoms. The van der Waals surface area contributed by atoms with Crippen molar-refractivity contribution in [2.45, 2.75) is 25.6 Å². The van der Waals surface area contributed by atoms with Gasteiger partial charge in [-0.2, -0.15) is 0 Å². The second-order valence-electron chi connectivity index (χ2n) is 4.40. The van der Waals surface area contributed by atoms with Crippen LogP contribution in [-0.4, -0.2) is 23.7 Å². The fourth-order valence-electron chi connectivity index (χ4n) is 1.72. The molecule has 1 aliphatic heterocycles. The van der Waals surface area contributed by atoms with Crippen molar-refractivity contribution in [1.82, 2.24) is 10.3 Å². The Morgan fingerprint density at radius 3 is 2.93 bits per heavy atom. The van der Waals surface area contributed by atoms with Gasteiger partial charge < -0.3 is 10.1 Å². The number of hydrogen-bond acceptors (Lipinski definition) is 3. The van der Waals surface area contributed by atoms with Gasteiger partial charge in [0, 0.05) is 13.1 Å². The molecule has 82 valence electrons. The van der Waals surface area contributed by atoms with Crippen LogP contribution in [0.1, 0.15) is 25.6 Å². The van der Waals surface area contributed by atoms with E-state index in [0.29, 0.717) is 0 Å². The molecule has 1 saturated heterocycles. The molecular formula is C11H15FN2O. The van der Waals surface area contributed by atoms with Crippen LogP contribution in [0.3, 0.4) is 0 Å². The van der Waals surface area contributed by atoms with Crippen molar-refractivity contribution >= 4 is 0 Å². The van der Waals surface area contributed by atoms with E-state index in [9.17, 15) is 4.39 Å². The number of pyridine rings is 1. The molecule has 0 radical (unpaired) electrons. The molecule has 0 bridgehead atoms. The zero-order chi connectivity index (χ0) is 10.9. The van der Waals surface area contributed by atoms with Crippen LogP contribution in [0.4, 0.5) is 4.39 Å². The Morgan fingerprint density at radius 1 is 1.53 bits per heavy atom. The summed E-state index contributed by atoms with van der Waals surface area (Å²) >= 11 is 0. The third-order valence-electron chi connectivity index (χ3n) is 2.42. The van der Waals surface area contributed by atoms with Gasteiger partial charge in [-0.25, -0.2) is 4.39 Å². The van der Waals surface area contributed by atoms with Gasteiger partial charge in [0.2, 0.25) is 0 Å². The summed E-state index contributed by atoms with van der Waals surface area (Å²) in [4.78, 5) is 4.03. The number of ether oxygens (including phenoxy) is 1. The van der Waals surface area contributed by atoms with Crippen molar-refractivity contribution in [3.8, 4) is 0 Å². The normalized spacial score (nSPS) is 25.1. The Bertz CT molecular complexity index is 337. The minimum Gasteiger partial charge on any atom is -0.363 e. The average molecular weight is 210 g/mol. The van der Waals surface area contributed by atoms with Crippen LogP contribution in [-0.2, 0) is 4.74 Å². The van der Waals surface area contributed by atoms with Gasteiger partial charge in [0.05, 0.1) is 17.5 Å². The van der Waals surface area contributed by atoms with Gasteiger partial charge in [-0.3, -0.25) is 4.98 Å². The van der Waals surface area contributed by atoms with Crippen LogP contribution < -0.4 is 5.32 Å². The lowest BCUT2D eigenvalue weighted by Crippen LogP contribution is -2.47. The van der Waals surface area contributed by atoms with Crippen molar-refractivity contribution in [2.24, 2.45) is 0 Å². The Morgan fingerprint density at radius 2 is 2.33 bits per heavy atom. The Labute approximate surface area is 88.7 Å². The van der Waals surface area contributed by atoms with Crippen LogP contribution in [0.2, 0.25) is 0 Å². The highest BCUT2D eigenvalue weighted by Gasteiger charge is 2.29. The Kier molecular flexibility index (Phi) is 2.71. The largest absolute Gasteiger partial charge is 0.363 e. The third-order valence-corrected chi connectivity index (χ3v) is 2.42. The van der Waals surface area contributed by atoms with Gasteiger partial charge >= 0.3 is 0 Å². The predicted molar refractivity (Wildman–Crippen MR) is 55.0 cm³/mol. The molecule has 1 unspecified atom stereocenters. The molecule has 0 saturated carbocycles. The first-order valence-electron chi connectivity index (χ1n) is 5.07. The summed E-state index contributed by atoms with van der Waals surface area (Å²) in [5, 5.41) is 3.28. The zero-order valence-electron chi connectivity index (χ0n) is 8.96. The van der Waals surface area contributed by atoms with Crippen LogP contribution in [0.25, 0.3) is 0 Å². The van der Waals surface area contributed by atoms with E-state index in [1.165, 1.54) is 12.3 Å². The van der Waals surface area contributed by atoms with E-state index in [1.54, 1.807) is 6.07 Å². The fraction of sp³-hybridized carbons (Fsp3) is 0.545. The van der Waals surface area contributed by atoms with Gasteiger partial charge in [-0.15, -0.1) is 0 Å². The predicted octanol–water partition coefficient (Wildman–Crippen LogP) is 1.66. The molecule has 0 aliphatic carbocycles. The molecule has 3 nitrogen and oxygen atoms in total. The second kappa shape index (κ2) is 3.87.